The Bertz CT molecular complexity index is 476. The Hall–Kier alpha value is -1.59. The van der Waals surface area contributed by atoms with Crippen molar-refractivity contribution in [3.05, 3.63) is 29.8 Å². The number of carbonyl (C=O) groups is 1. The fourth-order valence-electron chi connectivity index (χ4n) is 2.78. The molecule has 1 aliphatic rings. The van der Waals surface area contributed by atoms with Gasteiger partial charge in [-0.05, 0) is 39.3 Å². The number of likely N-dealkylation sites (tertiary alicyclic amines) is 1. The van der Waals surface area contributed by atoms with Crippen LogP contribution in [0.25, 0.3) is 0 Å². The van der Waals surface area contributed by atoms with Gasteiger partial charge in [-0.25, -0.2) is 5.84 Å². The summed E-state index contributed by atoms with van der Waals surface area (Å²) < 4.78 is 5.86. The number of rotatable bonds is 5. The number of hydrazine groups is 1. The van der Waals surface area contributed by atoms with Crippen LogP contribution in [0.15, 0.2) is 24.3 Å². The molecular formula is C16H25N3O2. The molecule has 1 aliphatic heterocycles. The zero-order chi connectivity index (χ0) is 15.2. The van der Waals surface area contributed by atoms with Crippen LogP contribution < -0.4 is 16.0 Å². The Morgan fingerprint density at radius 3 is 2.95 bits per heavy atom. The third-order valence-corrected chi connectivity index (χ3v) is 3.75. The molecule has 5 heteroatoms. The zero-order valence-electron chi connectivity index (χ0n) is 12.8. The summed E-state index contributed by atoms with van der Waals surface area (Å²) in [5.74, 6) is 6.09. The smallest absolute Gasteiger partial charge is 0.238 e. The molecule has 1 aromatic carbocycles. The van der Waals surface area contributed by atoms with Crippen molar-refractivity contribution in [2.75, 3.05) is 13.1 Å². The summed E-state index contributed by atoms with van der Waals surface area (Å²) >= 11 is 0. The molecule has 1 unspecified atom stereocenters. The number of amides is 1. The fraction of sp³-hybridized carbons (Fsp3) is 0.562. The average molecular weight is 291 g/mol. The van der Waals surface area contributed by atoms with E-state index in [0.29, 0.717) is 0 Å². The van der Waals surface area contributed by atoms with Crippen molar-refractivity contribution < 1.29 is 9.53 Å². The minimum atomic E-state index is -0.0635. The Balaban J connectivity index is 2.02. The number of ether oxygens (including phenoxy) is 1. The average Bonchev–Trinajstić information content (AvgIpc) is 2.48. The quantitative estimate of drug-likeness (QED) is 0.492. The van der Waals surface area contributed by atoms with Gasteiger partial charge in [-0.3, -0.25) is 15.1 Å². The van der Waals surface area contributed by atoms with Crippen LogP contribution in [0, 0.1) is 5.92 Å². The van der Waals surface area contributed by atoms with Crippen molar-refractivity contribution in [1.29, 1.82) is 0 Å². The summed E-state index contributed by atoms with van der Waals surface area (Å²) in [6, 6.07) is 8.10. The lowest BCUT2D eigenvalue weighted by atomic mass is 9.97. The highest BCUT2D eigenvalue weighted by Gasteiger charge is 2.25. The molecule has 1 saturated heterocycles. The number of nitrogens with two attached hydrogens (primary N) is 1. The van der Waals surface area contributed by atoms with E-state index >= 15 is 0 Å². The second kappa shape index (κ2) is 7.43. The molecule has 0 bridgehead atoms. The van der Waals surface area contributed by atoms with Crippen molar-refractivity contribution in [2.24, 2.45) is 11.8 Å². The summed E-state index contributed by atoms with van der Waals surface area (Å²) in [6.45, 7) is 6.61. The van der Waals surface area contributed by atoms with Gasteiger partial charge in [0, 0.05) is 18.7 Å². The number of para-hydroxylation sites is 1. The molecule has 1 fully saturated rings. The van der Waals surface area contributed by atoms with Crippen molar-refractivity contribution in [1.82, 2.24) is 10.3 Å². The predicted molar refractivity (Wildman–Crippen MR) is 82.5 cm³/mol. The third-order valence-electron chi connectivity index (χ3n) is 3.75. The SMILES string of the molecule is CC(C)Oc1ccccc1CN1CCCC(C(=O)NN)C1. The van der Waals surface area contributed by atoms with Gasteiger partial charge >= 0.3 is 0 Å². The summed E-state index contributed by atoms with van der Waals surface area (Å²) in [6.07, 6.45) is 2.08. The predicted octanol–water partition coefficient (Wildman–Crippen LogP) is 1.68. The Labute approximate surface area is 126 Å². The van der Waals surface area contributed by atoms with Crippen LogP contribution in [-0.4, -0.2) is 30.0 Å². The van der Waals surface area contributed by atoms with Crippen LogP contribution in [0.3, 0.4) is 0 Å². The molecular weight excluding hydrogens is 266 g/mol. The molecule has 116 valence electrons. The van der Waals surface area contributed by atoms with Crippen molar-refractivity contribution in [3.63, 3.8) is 0 Å². The van der Waals surface area contributed by atoms with Crippen molar-refractivity contribution in [3.8, 4) is 5.75 Å². The maximum absolute atomic E-state index is 11.7. The molecule has 21 heavy (non-hydrogen) atoms. The molecule has 1 aromatic rings. The van der Waals surface area contributed by atoms with Crippen LogP contribution in [0.5, 0.6) is 5.75 Å². The largest absolute Gasteiger partial charge is 0.491 e. The summed E-state index contributed by atoms with van der Waals surface area (Å²) in [5, 5.41) is 0. The molecule has 3 N–H and O–H groups in total. The van der Waals surface area contributed by atoms with Gasteiger partial charge in [0.05, 0.1) is 12.0 Å². The molecule has 0 aliphatic carbocycles. The summed E-state index contributed by atoms with van der Waals surface area (Å²) in [4.78, 5) is 14.0. The van der Waals surface area contributed by atoms with E-state index in [4.69, 9.17) is 10.6 Å². The van der Waals surface area contributed by atoms with Gasteiger partial charge in [-0.1, -0.05) is 18.2 Å². The number of hydrogen-bond donors (Lipinski definition) is 2. The van der Waals surface area contributed by atoms with Crippen LogP contribution >= 0.6 is 0 Å². The molecule has 5 nitrogen and oxygen atoms in total. The molecule has 0 aromatic heterocycles. The lowest BCUT2D eigenvalue weighted by Crippen LogP contribution is -2.44. The van der Waals surface area contributed by atoms with E-state index < -0.39 is 0 Å². The van der Waals surface area contributed by atoms with Crippen LogP contribution in [-0.2, 0) is 11.3 Å². The first kappa shape index (κ1) is 15.8. The van der Waals surface area contributed by atoms with Crippen LogP contribution in [0.4, 0.5) is 0 Å². The number of benzene rings is 1. The molecule has 1 heterocycles. The molecule has 0 spiro atoms. The highest BCUT2D eigenvalue weighted by Crippen LogP contribution is 2.24. The monoisotopic (exact) mass is 291 g/mol. The van der Waals surface area contributed by atoms with E-state index in [9.17, 15) is 4.79 Å². The first-order valence-electron chi connectivity index (χ1n) is 7.57. The molecule has 2 rings (SSSR count). The molecule has 1 amide bonds. The maximum atomic E-state index is 11.7. The Kier molecular flexibility index (Phi) is 5.59. The lowest BCUT2D eigenvalue weighted by Gasteiger charge is -2.32. The number of piperidine rings is 1. The van der Waals surface area contributed by atoms with E-state index in [1.807, 2.05) is 32.0 Å². The maximum Gasteiger partial charge on any atom is 0.238 e. The van der Waals surface area contributed by atoms with Gasteiger partial charge in [0.1, 0.15) is 5.75 Å². The number of nitrogens with one attached hydrogen (secondary N) is 1. The zero-order valence-corrected chi connectivity index (χ0v) is 12.8. The van der Waals surface area contributed by atoms with E-state index in [2.05, 4.69) is 16.4 Å². The van der Waals surface area contributed by atoms with E-state index in [1.165, 1.54) is 5.56 Å². The van der Waals surface area contributed by atoms with Crippen molar-refractivity contribution >= 4 is 5.91 Å². The van der Waals surface area contributed by atoms with E-state index in [1.54, 1.807) is 0 Å². The van der Waals surface area contributed by atoms with E-state index in [-0.39, 0.29) is 17.9 Å². The van der Waals surface area contributed by atoms with Gasteiger partial charge < -0.3 is 4.74 Å². The minimum Gasteiger partial charge on any atom is -0.491 e. The normalized spacial score (nSPS) is 19.5. The molecule has 1 atom stereocenters. The molecule has 0 saturated carbocycles. The topological polar surface area (TPSA) is 67.6 Å². The minimum absolute atomic E-state index is 0.0121. The van der Waals surface area contributed by atoms with E-state index in [0.717, 1.165) is 38.2 Å². The standard InChI is InChI=1S/C16H25N3O2/c1-12(2)21-15-8-4-3-6-13(15)10-19-9-5-7-14(11-19)16(20)18-17/h3-4,6,8,12,14H,5,7,9-11,17H2,1-2H3,(H,18,20). The summed E-state index contributed by atoms with van der Waals surface area (Å²) in [7, 11) is 0. The first-order valence-corrected chi connectivity index (χ1v) is 7.57. The number of carbonyl (C=O) groups excluding carboxylic acids is 1. The van der Waals surface area contributed by atoms with Gasteiger partial charge in [0.2, 0.25) is 5.91 Å². The molecule has 0 radical (unpaired) electrons. The second-order valence-corrected chi connectivity index (χ2v) is 5.86. The van der Waals surface area contributed by atoms with Crippen molar-refractivity contribution in [2.45, 2.75) is 39.3 Å². The highest BCUT2D eigenvalue weighted by molar-refractivity contribution is 5.78. The Morgan fingerprint density at radius 1 is 1.48 bits per heavy atom. The van der Waals surface area contributed by atoms with Gasteiger partial charge in [0.15, 0.2) is 0 Å². The second-order valence-electron chi connectivity index (χ2n) is 5.86. The fourth-order valence-corrected chi connectivity index (χ4v) is 2.78. The highest BCUT2D eigenvalue weighted by atomic mass is 16.5. The van der Waals surface area contributed by atoms with Gasteiger partial charge in [-0.15, -0.1) is 0 Å². The van der Waals surface area contributed by atoms with Crippen LogP contribution in [0.1, 0.15) is 32.3 Å². The summed E-state index contributed by atoms with van der Waals surface area (Å²) in [5.41, 5.74) is 3.43. The van der Waals surface area contributed by atoms with Gasteiger partial charge in [-0.2, -0.15) is 0 Å². The Morgan fingerprint density at radius 2 is 2.24 bits per heavy atom. The first-order chi connectivity index (χ1) is 10.1. The number of nitrogens with zero attached hydrogens (tertiary/aromatic N) is 1. The third kappa shape index (κ3) is 4.44. The number of hydrogen-bond acceptors (Lipinski definition) is 4. The lowest BCUT2D eigenvalue weighted by molar-refractivity contribution is -0.126. The van der Waals surface area contributed by atoms with Crippen LogP contribution in [0.2, 0.25) is 0 Å². The van der Waals surface area contributed by atoms with Gasteiger partial charge in [0.25, 0.3) is 0 Å².